The predicted octanol–water partition coefficient (Wildman–Crippen LogP) is 2.46. The van der Waals surface area contributed by atoms with Crippen molar-refractivity contribution in [2.45, 2.75) is 25.5 Å². The van der Waals surface area contributed by atoms with E-state index in [0.717, 1.165) is 43.4 Å². The number of rotatable bonds is 3. The Labute approximate surface area is 111 Å². The summed E-state index contributed by atoms with van der Waals surface area (Å²) in [6.07, 6.45) is 7.22. The Bertz CT molecular complexity index is 559. The van der Waals surface area contributed by atoms with Crippen LogP contribution in [0, 0.1) is 0 Å². The Morgan fingerprint density at radius 2 is 2.16 bits per heavy atom. The molecule has 0 spiro atoms. The summed E-state index contributed by atoms with van der Waals surface area (Å²) >= 11 is 0. The summed E-state index contributed by atoms with van der Waals surface area (Å²) in [6.45, 7) is 0.730. The predicted molar refractivity (Wildman–Crippen MR) is 69.7 cm³/mol. The van der Waals surface area contributed by atoms with Gasteiger partial charge in [-0.25, -0.2) is 4.68 Å². The lowest BCUT2D eigenvalue weighted by Gasteiger charge is -2.23. The number of pyridine rings is 1. The van der Waals surface area contributed by atoms with Crippen LogP contribution < -0.4 is 0 Å². The molecule has 0 amide bonds. The van der Waals surface area contributed by atoms with Gasteiger partial charge in [0.2, 0.25) is 0 Å². The van der Waals surface area contributed by atoms with Crippen molar-refractivity contribution in [3.05, 3.63) is 36.3 Å². The maximum Gasteiger partial charge on any atom is 0.168 e. The van der Waals surface area contributed by atoms with Crippen molar-refractivity contribution >= 4 is 6.29 Å². The molecule has 1 unspecified atom stereocenters. The molecule has 3 rings (SSSR count). The largest absolute Gasteiger partial charge is 0.356 e. The van der Waals surface area contributed by atoms with E-state index in [-0.39, 0.29) is 6.23 Å². The first-order valence-electron chi connectivity index (χ1n) is 6.45. The summed E-state index contributed by atoms with van der Waals surface area (Å²) in [4.78, 5) is 15.2. The van der Waals surface area contributed by atoms with Crippen LogP contribution in [0.2, 0.25) is 0 Å². The molecule has 0 bridgehead atoms. The molecular formula is C14H15N3O2. The molecule has 0 aromatic carbocycles. The monoisotopic (exact) mass is 257 g/mol. The van der Waals surface area contributed by atoms with E-state index in [1.807, 2.05) is 12.1 Å². The summed E-state index contributed by atoms with van der Waals surface area (Å²) in [5.74, 6) is 0. The van der Waals surface area contributed by atoms with Crippen LogP contribution in [0.3, 0.4) is 0 Å². The van der Waals surface area contributed by atoms with Crippen LogP contribution in [0.4, 0.5) is 0 Å². The minimum absolute atomic E-state index is 0.121. The van der Waals surface area contributed by atoms with Crippen LogP contribution in [-0.4, -0.2) is 27.7 Å². The smallest absolute Gasteiger partial charge is 0.168 e. The number of carbonyl (C=O) groups is 1. The summed E-state index contributed by atoms with van der Waals surface area (Å²) in [5.41, 5.74) is 2.28. The second kappa shape index (κ2) is 5.32. The van der Waals surface area contributed by atoms with Crippen LogP contribution in [0.15, 0.2) is 30.6 Å². The second-order valence-electron chi connectivity index (χ2n) is 4.57. The topological polar surface area (TPSA) is 57.0 Å². The molecule has 1 fully saturated rings. The molecule has 2 aromatic heterocycles. The van der Waals surface area contributed by atoms with Crippen LogP contribution in [0.1, 0.15) is 36.0 Å². The number of aromatic nitrogens is 3. The van der Waals surface area contributed by atoms with Crippen molar-refractivity contribution in [2.24, 2.45) is 0 Å². The SMILES string of the molecule is O=Cc1cc(-c2ccncc2)nn1C1CCCCO1. The summed E-state index contributed by atoms with van der Waals surface area (Å²) < 4.78 is 7.38. The van der Waals surface area contributed by atoms with Gasteiger partial charge in [-0.3, -0.25) is 9.78 Å². The minimum atomic E-state index is -0.121. The first-order chi connectivity index (χ1) is 9.38. The van der Waals surface area contributed by atoms with Gasteiger partial charge in [0.1, 0.15) is 5.69 Å². The third-order valence-electron chi connectivity index (χ3n) is 3.29. The Kier molecular flexibility index (Phi) is 3.37. The lowest BCUT2D eigenvalue weighted by atomic mass is 10.2. The molecule has 1 aliphatic rings. The van der Waals surface area contributed by atoms with Gasteiger partial charge in [-0.15, -0.1) is 0 Å². The van der Waals surface area contributed by atoms with E-state index in [4.69, 9.17) is 4.74 Å². The molecule has 19 heavy (non-hydrogen) atoms. The van der Waals surface area contributed by atoms with E-state index in [1.54, 1.807) is 23.1 Å². The Hall–Kier alpha value is -2.01. The normalized spacial score (nSPS) is 19.3. The molecule has 0 N–H and O–H groups in total. The van der Waals surface area contributed by atoms with Gasteiger partial charge in [-0.05, 0) is 37.5 Å². The zero-order chi connectivity index (χ0) is 13.1. The average Bonchev–Trinajstić information content (AvgIpc) is 2.93. The first kappa shape index (κ1) is 12.0. The van der Waals surface area contributed by atoms with Gasteiger partial charge in [-0.1, -0.05) is 0 Å². The molecule has 1 aliphatic heterocycles. The van der Waals surface area contributed by atoms with Crippen LogP contribution in [-0.2, 0) is 4.74 Å². The van der Waals surface area contributed by atoms with E-state index in [0.29, 0.717) is 5.69 Å². The molecule has 5 heteroatoms. The maximum absolute atomic E-state index is 11.2. The van der Waals surface area contributed by atoms with E-state index in [1.165, 1.54) is 0 Å². The van der Waals surface area contributed by atoms with E-state index < -0.39 is 0 Å². The van der Waals surface area contributed by atoms with Gasteiger partial charge in [-0.2, -0.15) is 5.10 Å². The number of carbonyl (C=O) groups excluding carboxylic acids is 1. The highest BCUT2D eigenvalue weighted by molar-refractivity contribution is 5.75. The van der Waals surface area contributed by atoms with Crippen molar-refractivity contribution in [1.82, 2.24) is 14.8 Å². The van der Waals surface area contributed by atoms with E-state index >= 15 is 0 Å². The van der Waals surface area contributed by atoms with Crippen LogP contribution in [0.25, 0.3) is 11.3 Å². The van der Waals surface area contributed by atoms with Crippen molar-refractivity contribution in [3.8, 4) is 11.3 Å². The average molecular weight is 257 g/mol. The highest BCUT2D eigenvalue weighted by Crippen LogP contribution is 2.26. The number of nitrogens with zero attached hydrogens (tertiary/aromatic N) is 3. The highest BCUT2D eigenvalue weighted by atomic mass is 16.5. The quantitative estimate of drug-likeness (QED) is 0.792. The minimum Gasteiger partial charge on any atom is -0.356 e. The molecule has 5 nitrogen and oxygen atoms in total. The van der Waals surface area contributed by atoms with E-state index in [2.05, 4.69) is 10.1 Å². The van der Waals surface area contributed by atoms with Crippen LogP contribution >= 0.6 is 0 Å². The zero-order valence-electron chi connectivity index (χ0n) is 10.5. The fraction of sp³-hybridized carbons (Fsp3) is 0.357. The first-order valence-corrected chi connectivity index (χ1v) is 6.45. The third-order valence-corrected chi connectivity index (χ3v) is 3.29. The van der Waals surface area contributed by atoms with Gasteiger partial charge in [0.25, 0.3) is 0 Å². The van der Waals surface area contributed by atoms with Gasteiger partial charge in [0.05, 0.1) is 5.69 Å². The lowest BCUT2D eigenvalue weighted by molar-refractivity contribution is -0.0401. The number of hydrogen-bond donors (Lipinski definition) is 0. The lowest BCUT2D eigenvalue weighted by Crippen LogP contribution is -2.20. The second-order valence-corrected chi connectivity index (χ2v) is 4.57. The van der Waals surface area contributed by atoms with Gasteiger partial charge in [0, 0.05) is 24.6 Å². The molecule has 98 valence electrons. The van der Waals surface area contributed by atoms with E-state index in [9.17, 15) is 4.79 Å². The molecule has 3 heterocycles. The third kappa shape index (κ3) is 2.42. The maximum atomic E-state index is 11.2. The summed E-state index contributed by atoms with van der Waals surface area (Å²) in [6, 6.07) is 5.55. The fourth-order valence-corrected chi connectivity index (χ4v) is 2.31. The van der Waals surface area contributed by atoms with Crippen molar-refractivity contribution in [3.63, 3.8) is 0 Å². The zero-order valence-corrected chi connectivity index (χ0v) is 10.5. The van der Waals surface area contributed by atoms with Gasteiger partial charge >= 0.3 is 0 Å². The van der Waals surface area contributed by atoms with Crippen molar-refractivity contribution < 1.29 is 9.53 Å². The van der Waals surface area contributed by atoms with Gasteiger partial charge in [0.15, 0.2) is 12.5 Å². The standard InChI is InChI=1S/C14H15N3O2/c18-10-12-9-13(11-4-6-15-7-5-11)16-17(12)14-3-1-2-8-19-14/h4-7,9-10,14H,1-3,8H2. The Balaban J connectivity index is 1.96. The molecule has 0 aliphatic carbocycles. The molecular weight excluding hydrogens is 242 g/mol. The molecule has 1 saturated heterocycles. The Morgan fingerprint density at radius 3 is 2.84 bits per heavy atom. The summed E-state index contributed by atoms with van der Waals surface area (Å²) in [7, 11) is 0. The fourth-order valence-electron chi connectivity index (χ4n) is 2.31. The van der Waals surface area contributed by atoms with Crippen LogP contribution in [0.5, 0.6) is 0 Å². The number of hydrogen-bond acceptors (Lipinski definition) is 4. The molecule has 1 atom stereocenters. The summed E-state index contributed by atoms with van der Waals surface area (Å²) in [5, 5.41) is 4.51. The van der Waals surface area contributed by atoms with Gasteiger partial charge < -0.3 is 4.74 Å². The Morgan fingerprint density at radius 1 is 1.32 bits per heavy atom. The number of aldehydes is 1. The number of ether oxygens (including phenoxy) is 1. The van der Waals surface area contributed by atoms with Crippen molar-refractivity contribution in [2.75, 3.05) is 6.61 Å². The molecule has 2 aromatic rings. The van der Waals surface area contributed by atoms with Crippen molar-refractivity contribution in [1.29, 1.82) is 0 Å². The highest BCUT2D eigenvalue weighted by Gasteiger charge is 2.20. The molecule has 0 saturated carbocycles. The molecule has 0 radical (unpaired) electrons.